The molecule has 31 heavy (non-hydrogen) atoms. The standard InChI is InChI=1S/C25H33ClN2O3/c1-25(2,3)31-23(29)19-30-18-17-27-13-15-28(16-14-27)24(20-7-5-4-6-8-20)21-9-11-22(26)12-10-21/h4-12,24H,13-19H2,1-3H3. The van der Waals surface area contributed by atoms with Crippen LogP contribution in [-0.4, -0.2) is 67.3 Å². The number of hydrogen-bond donors (Lipinski definition) is 0. The first kappa shape index (κ1) is 23.7. The molecule has 0 saturated carbocycles. The lowest BCUT2D eigenvalue weighted by Gasteiger charge is -2.39. The van der Waals surface area contributed by atoms with Crippen molar-refractivity contribution in [2.24, 2.45) is 0 Å². The third-order valence-electron chi connectivity index (χ3n) is 5.26. The minimum atomic E-state index is -0.476. The van der Waals surface area contributed by atoms with Crippen molar-refractivity contribution in [3.63, 3.8) is 0 Å². The van der Waals surface area contributed by atoms with Gasteiger partial charge in [-0.25, -0.2) is 4.79 Å². The molecule has 2 aromatic carbocycles. The second-order valence-corrected chi connectivity index (χ2v) is 9.32. The maximum Gasteiger partial charge on any atom is 0.332 e. The second kappa shape index (κ2) is 11.1. The number of rotatable bonds is 8. The van der Waals surface area contributed by atoms with E-state index in [-0.39, 0.29) is 18.6 Å². The fourth-order valence-electron chi connectivity index (χ4n) is 3.86. The van der Waals surface area contributed by atoms with Crippen LogP contribution in [0.4, 0.5) is 0 Å². The van der Waals surface area contributed by atoms with E-state index in [2.05, 4.69) is 52.3 Å². The van der Waals surface area contributed by atoms with Crippen molar-refractivity contribution in [1.82, 2.24) is 9.80 Å². The molecule has 1 fully saturated rings. The minimum Gasteiger partial charge on any atom is -0.458 e. The van der Waals surface area contributed by atoms with Gasteiger partial charge in [0.15, 0.2) is 0 Å². The SMILES string of the molecule is CC(C)(C)OC(=O)COCCN1CCN(C(c2ccccc2)c2ccc(Cl)cc2)CC1. The molecule has 0 bridgehead atoms. The molecule has 1 unspecified atom stereocenters. The summed E-state index contributed by atoms with van der Waals surface area (Å²) in [5.41, 5.74) is 2.07. The van der Waals surface area contributed by atoms with Crippen LogP contribution >= 0.6 is 11.6 Å². The first-order valence-corrected chi connectivity index (χ1v) is 11.3. The summed E-state index contributed by atoms with van der Waals surface area (Å²) in [6.45, 7) is 10.8. The van der Waals surface area contributed by atoms with Crippen molar-refractivity contribution in [2.75, 3.05) is 45.9 Å². The lowest BCUT2D eigenvalue weighted by atomic mass is 9.96. The maximum absolute atomic E-state index is 11.7. The average Bonchev–Trinajstić information content (AvgIpc) is 2.73. The molecule has 5 nitrogen and oxygen atoms in total. The van der Waals surface area contributed by atoms with E-state index in [1.165, 1.54) is 11.1 Å². The first-order valence-electron chi connectivity index (χ1n) is 10.9. The van der Waals surface area contributed by atoms with Crippen LogP contribution < -0.4 is 0 Å². The fourth-order valence-corrected chi connectivity index (χ4v) is 3.99. The first-order chi connectivity index (χ1) is 14.8. The smallest absolute Gasteiger partial charge is 0.332 e. The Morgan fingerprint density at radius 3 is 2.19 bits per heavy atom. The molecule has 0 N–H and O–H groups in total. The molecule has 3 rings (SSSR count). The topological polar surface area (TPSA) is 42.0 Å². The average molecular weight is 445 g/mol. The Kier molecular flexibility index (Phi) is 8.50. The molecule has 168 valence electrons. The summed E-state index contributed by atoms with van der Waals surface area (Å²) in [6.07, 6.45) is 0. The Hall–Kier alpha value is -1.92. The number of halogens is 1. The molecular weight excluding hydrogens is 412 g/mol. The van der Waals surface area contributed by atoms with E-state index in [1.807, 2.05) is 32.9 Å². The third kappa shape index (κ3) is 7.62. The van der Waals surface area contributed by atoms with Gasteiger partial charge in [-0.3, -0.25) is 9.80 Å². The Balaban J connectivity index is 1.51. The Labute approximate surface area is 190 Å². The number of hydrogen-bond acceptors (Lipinski definition) is 5. The highest BCUT2D eigenvalue weighted by atomic mass is 35.5. The summed E-state index contributed by atoms with van der Waals surface area (Å²) in [6, 6.07) is 19.0. The Morgan fingerprint density at radius 2 is 1.58 bits per heavy atom. The molecule has 1 heterocycles. The van der Waals surface area contributed by atoms with E-state index in [0.29, 0.717) is 6.61 Å². The second-order valence-electron chi connectivity index (χ2n) is 8.88. The van der Waals surface area contributed by atoms with Gasteiger partial charge in [0.1, 0.15) is 12.2 Å². The lowest BCUT2D eigenvalue weighted by Crippen LogP contribution is -2.48. The lowest BCUT2D eigenvalue weighted by molar-refractivity contribution is -0.160. The van der Waals surface area contributed by atoms with Gasteiger partial charge in [0.05, 0.1) is 12.6 Å². The molecule has 0 amide bonds. The van der Waals surface area contributed by atoms with E-state index in [0.717, 1.165) is 37.7 Å². The van der Waals surface area contributed by atoms with Crippen molar-refractivity contribution < 1.29 is 14.3 Å². The van der Waals surface area contributed by atoms with E-state index in [9.17, 15) is 4.79 Å². The van der Waals surface area contributed by atoms with E-state index < -0.39 is 5.60 Å². The molecule has 6 heteroatoms. The van der Waals surface area contributed by atoms with Crippen LogP contribution in [0.2, 0.25) is 5.02 Å². The molecule has 0 aromatic heterocycles. The molecule has 1 saturated heterocycles. The normalized spacial score (nSPS) is 16.8. The zero-order chi connectivity index (χ0) is 22.3. The van der Waals surface area contributed by atoms with Crippen LogP contribution in [0.5, 0.6) is 0 Å². The predicted molar refractivity (Wildman–Crippen MR) is 124 cm³/mol. The Bertz CT molecular complexity index is 813. The van der Waals surface area contributed by atoms with Gasteiger partial charge >= 0.3 is 5.97 Å². The van der Waals surface area contributed by atoms with Crippen LogP contribution in [0.3, 0.4) is 0 Å². The summed E-state index contributed by atoms with van der Waals surface area (Å²) < 4.78 is 10.8. The van der Waals surface area contributed by atoms with Crippen LogP contribution in [0.15, 0.2) is 54.6 Å². The van der Waals surface area contributed by atoms with Crippen LogP contribution in [0.25, 0.3) is 0 Å². The zero-order valence-corrected chi connectivity index (χ0v) is 19.5. The van der Waals surface area contributed by atoms with Crippen molar-refractivity contribution in [3.05, 3.63) is 70.7 Å². The van der Waals surface area contributed by atoms with Gasteiger partial charge in [0.2, 0.25) is 0 Å². The molecular formula is C25H33ClN2O3. The number of esters is 1. The largest absolute Gasteiger partial charge is 0.458 e. The number of ether oxygens (including phenoxy) is 2. The summed E-state index contributed by atoms with van der Waals surface area (Å²) in [5.74, 6) is -0.314. The van der Waals surface area contributed by atoms with Crippen LogP contribution in [0, 0.1) is 0 Å². The quantitative estimate of drug-likeness (QED) is 0.445. The number of carbonyl (C=O) groups is 1. The molecule has 0 spiro atoms. The third-order valence-corrected chi connectivity index (χ3v) is 5.52. The number of nitrogens with zero attached hydrogens (tertiary/aromatic N) is 2. The summed E-state index contributed by atoms with van der Waals surface area (Å²) in [5, 5.41) is 0.756. The number of piperazine rings is 1. The van der Waals surface area contributed by atoms with Crippen molar-refractivity contribution in [3.8, 4) is 0 Å². The van der Waals surface area contributed by atoms with E-state index in [4.69, 9.17) is 21.1 Å². The summed E-state index contributed by atoms with van der Waals surface area (Å²) in [7, 11) is 0. The highest BCUT2D eigenvalue weighted by Crippen LogP contribution is 2.30. The minimum absolute atomic E-state index is 0.00385. The van der Waals surface area contributed by atoms with Gasteiger partial charge in [-0.15, -0.1) is 0 Å². The van der Waals surface area contributed by atoms with Crippen molar-refractivity contribution >= 4 is 17.6 Å². The number of carbonyl (C=O) groups excluding carboxylic acids is 1. The molecule has 1 atom stereocenters. The van der Waals surface area contributed by atoms with E-state index in [1.54, 1.807) is 0 Å². The maximum atomic E-state index is 11.7. The van der Waals surface area contributed by atoms with Gasteiger partial charge < -0.3 is 9.47 Å². The Morgan fingerprint density at radius 1 is 0.968 bits per heavy atom. The van der Waals surface area contributed by atoms with Gasteiger partial charge in [-0.2, -0.15) is 0 Å². The van der Waals surface area contributed by atoms with Crippen LogP contribution in [0.1, 0.15) is 37.9 Å². The van der Waals surface area contributed by atoms with Crippen molar-refractivity contribution in [2.45, 2.75) is 32.4 Å². The summed E-state index contributed by atoms with van der Waals surface area (Å²) in [4.78, 5) is 16.7. The van der Waals surface area contributed by atoms with Crippen molar-refractivity contribution in [1.29, 1.82) is 0 Å². The van der Waals surface area contributed by atoms with Gasteiger partial charge in [-0.05, 0) is 44.0 Å². The molecule has 0 aliphatic carbocycles. The molecule has 0 radical (unpaired) electrons. The predicted octanol–water partition coefficient (Wildman–Crippen LogP) is 4.41. The monoisotopic (exact) mass is 444 g/mol. The zero-order valence-electron chi connectivity index (χ0n) is 18.7. The highest BCUT2D eigenvalue weighted by Gasteiger charge is 2.26. The van der Waals surface area contributed by atoms with Crippen LogP contribution in [-0.2, 0) is 14.3 Å². The fraction of sp³-hybridized carbons (Fsp3) is 0.480. The molecule has 1 aliphatic rings. The number of benzene rings is 2. The molecule has 1 aliphatic heterocycles. The van der Waals surface area contributed by atoms with E-state index >= 15 is 0 Å². The molecule has 2 aromatic rings. The van der Waals surface area contributed by atoms with Gasteiger partial charge in [0.25, 0.3) is 0 Å². The van der Waals surface area contributed by atoms with Gasteiger partial charge in [0, 0.05) is 37.7 Å². The summed E-state index contributed by atoms with van der Waals surface area (Å²) >= 11 is 6.12. The van der Waals surface area contributed by atoms with Gasteiger partial charge in [-0.1, -0.05) is 54.1 Å². The highest BCUT2D eigenvalue weighted by molar-refractivity contribution is 6.30.